The Labute approximate surface area is 208 Å². The Bertz CT molecular complexity index is 1220. The molecule has 1 atom stereocenters. The molecule has 0 aromatic heterocycles. The SMILES string of the molecule is CC(C)c1cc(C(C)C)c(-c2ccccc2Pc2ccccc2-c2ccccc2)c(C(C)C)c1. The second kappa shape index (κ2) is 10.7. The van der Waals surface area contributed by atoms with E-state index in [4.69, 9.17) is 0 Å². The summed E-state index contributed by atoms with van der Waals surface area (Å²) in [5.41, 5.74) is 9.87. The summed E-state index contributed by atoms with van der Waals surface area (Å²) in [5.74, 6) is 1.47. The molecule has 0 N–H and O–H groups in total. The minimum atomic E-state index is 0.471. The minimum absolute atomic E-state index is 0.471. The average Bonchev–Trinajstić information content (AvgIpc) is 2.84. The van der Waals surface area contributed by atoms with E-state index in [0.717, 1.165) is 0 Å². The van der Waals surface area contributed by atoms with Gasteiger partial charge in [0.1, 0.15) is 0 Å². The van der Waals surface area contributed by atoms with Gasteiger partial charge in [0, 0.05) is 0 Å². The molecule has 0 bridgehead atoms. The predicted molar refractivity (Wildman–Crippen MR) is 154 cm³/mol. The van der Waals surface area contributed by atoms with Crippen LogP contribution >= 0.6 is 8.58 Å². The van der Waals surface area contributed by atoms with Gasteiger partial charge in [-0.3, -0.25) is 0 Å². The van der Waals surface area contributed by atoms with Gasteiger partial charge in [0.15, 0.2) is 0 Å². The summed E-state index contributed by atoms with van der Waals surface area (Å²) in [7, 11) is 0.598. The Kier molecular flexibility index (Phi) is 7.70. The van der Waals surface area contributed by atoms with Gasteiger partial charge in [0.05, 0.1) is 0 Å². The fourth-order valence-corrected chi connectivity index (χ4v) is 6.04. The smallest absolute Gasteiger partial charge is 0.0101 e. The molecule has 0 fully saturated rings. The quantitative estimate of drug-likeness (QED) is 0.239. The molecule has 1 heteroatoms. The molecular formula is C33H37P. The maximum atomic E-state index is 2.47. The summed E-state index contributed by atoms with van der Waals surface area (Å²) < 4.78 is 0. The van der Waals surface area contributed by atoms with Crippen LogP contribution in [0.5, 0.6) is 0 Å². The van der Waals surface area contributed by atoms with E-state index in [0.29, 0.717) is 26.3 Å². The number of hydrogen-bond acceptors (Lipinski definition) is 0. The lowest BCUT2D eigenvalue weighted by molar-refractivity contribution is 0.808. The molecule has 0 heterocycles. The lowest BCUT2D eigenvalue weighted by Crippen LogP contribution is -2.12. The van der Waals surface area contributed by atoms with E-state index >= 15 is 0 Å². The van der Waals surface area contributed by atoms with Gasteiger partial charge in [0.25, 0.3) is 0 Å². The maximum absolute atomic E-state index is 2.47. The summed E-state index contributed by atoms with van der Waals surface area (Å²) in [5, 5.41) is 2.82. The molecule has 0 saturated heterocycles. The highest BCUT2D eigenvalue weighted by molar-refractivity contribution is 7.56. The lowest BCUT2D eigenvalue weighted by Gasteiger charge is -2.25. The van der Waals surface area contributed by atoms with Gasteiger partial charge in [0.2, 0.25) is 0 Å². The van der Waals surface area contributed by atoms with Crippen LogP contribution < -0.4 is 10.6 Å². The Hall–Kier alpha value is -2.69. The first-order chi connectivity index (χ1) is 16.4. The van der Waals surface area contributed by atoms with Gasteiger partial charge in [-0.25, -0.2) is 0 Å². The summed E-state index contributed by atoms with van der Waals surface area (Å²) in [6.07, 6.45) is 0. The van der Waals surface area contributed by atoms with Crippen molar-refractivity contribution in [2.75, 3.05) is 0 Å². The summed E-state index contributed by atoms with van der Waals surface area (Å²) in [6, 6.07) is 33.7. The highest BCUT2D eigenvalue weighted by Gasteiger charge is 2.20. The Morgan fingerprint density at radius 3 is 1.50 bits per heavy atom. The summed E-state index contributed by atoms with van der Waals surface area (Å²) >= 11 is 0. The van der Waals surface area contributed by atoms with Crippen molar-refractivity contribution >= 4 is 19.2 Å². The van der Waals surface area contributed by atoms with E-state index in [2.05, 4.69) is 133 Å². The van der Waals surface area contributed by atoms with Crippen LogP contribution in [0.1, 0.15) is 76.0 Å². The molecule has 174 valence electrons. The standard InChI is InChI=1S/C33H37P/c1-22(2)26-20-29(23(3)4)33(30(21-26)24(5)6)28-17-11-13-19-32(28)34-31-18-12-10-16-27(31)25-14-8-7-9-15-25/h7-24,34H,1-6H3. The fraction of sp³-hybridized carbons (Fsp3) is 0.273. The predicted octanol–water partition coefficient (Wildman–Crippen LogP) is 9.02. The van der Waals surface area contributed by atoms with E-state index in [1.54, 1.807) is 0 Å². The summed E-state index contributed by atoms with van der Waals surface area (Å²) in [6.45, 7) is 14.0. The van der Waals surface area contributed by atoms with Gasteiger partial charge < -0.3 is 0 Å². The molecule has 0 amide bonds. The Morgan fingerprint density at radius 2 is 0.971 bits per heavy atom. The third-order valence-corrected chi connectivity index (χ3v) is 8.02. The zero-order chi connectivity index (χ0) is 24.2. The van der Waals surface area contributed by atoms with Crippen molar-refractivity contribution in [1.29, 1.82) is 0 Å². The second-order valence-corrected chi connectivity index (χ2v) is 11.4. The summed E-state index contributed by atoms with van der Waals surface area (Å²) in [4.78, 5) is 0. The molecule has 34 heavy (non-hydrogen) atoms. The van der Waals surface area contributed by atoms with Crippen molar-refractivity contribution in [1.82, 2.24) is 0 Å². The highest BCUT2D eigenvalue weighted by atomic mass is 31.1. The van der Waals surface area contributed by atoms with E-state index in [1.165, 1.54) is 49.6 Å². The molecule has 4 aromatic carbocycles. The van der Waals surface area contributed by atoms with Crippen LogP contribution in [0.4, 0.5) is 0 Å². The third kappa shape index (κ3) is 5.18. The molecule has 0 radical (unpaired) electrons. The number of benzene rings is 4. The van der Waals surface area contributed by atoms with E-state index < -0.39 is 0 Å². The first-order valence-corrected chi connectivity index (χ1v) is 13.6. The molecule has 0 aliphatic carbocycles. The van der Waals surface area contributed by atoms with Crippen molar-refractivity contribution in [2.24, 2.45) is 0 Å². The molecule has 0 nitrogen and oxygen atoms in total. The van der Waals surface area contributed by atoms with Crippen molar-refractivity contribution < 1.29 is 0 Å². The molecule has 0 aliphatic heterocycles. The molecule has 0 spiro atoms. The molecule has 0 saturated carbocycles. The van der Waals surface area contributed by atoms with Gasteiger partial charge in [-0.1, -0.05) is 141 Å². The van der Waals surface area contributed by atoms with Crippen LogP contribution in [-0.4, -0.2) is 0 Å². The third-order valence-electron chi connectivity index (χ3n) is 6.61. The zero-order valence-electron chi connectivity index (χ0n) is 21.4. The first kappa shape index (κ1) is 24.4. The van der Waals surface area contributed by atoms with Crippen LogP contribution in [0.2, 0.25) is 0 Å². The molecule has 0 aliphatic rings. The van der Waals surface area contributed by atoms with E-state index in [9.17, 15) is 0 Å². The number of rotatable bonds is 7. The van der Waals surface area contributed by atoms with Crippen LogP contribution in [0.25, 0.3) is 22.3 Å². The van der Waals surface area contributed by atoms with Crippen LogP contribution in [0, 0.1) is 0 Å². The average molecular weight is 465 g/mol. The van der Waals surface area contributed by atoms with Gasteiger partial charge in [-0.2, -0.15) is 0 Å². The second-order valence-electron chi connectivity index (χ2n) is 10.1. The van der Waals surface area contributed by atoms with Crippen molar-refractivity contribution in [3.05, 3.63) is 108 Å². The first-order valence-electron chi connectivity index (χ1n) is 12.6. The van der Waals surface area contributed by atoms with Crippen molar-refractivity contribution in [2.45, 2.75) is 59.3 Å². The molecular weight excluding hydrogens is 427 g/mol. The normalized spacial score (nSPS) is 11.9. The Morgan fingerprint density at radius 1 is 0.500 bits per heavy atom. The van der Waals surface area contributed by atoms with E-state index in [-0.39, 0.29) is 0 Å². The van der Waals surface area contributed by atoms with Crippen LogP contribution in [-0.2, 0) is 0 Å². The van der Waals surface area contributed by atoms with E-state index in [1.807, 2.05) is 0 Å². The van der Waals surface area contributed by atoms with Crippen molar-refractivity contribution in [3.8, 4) is 22.3 Å². The zero-order valence-corrected chi connectivity index (χ0v) is 22.4. The fourth-order valence-electron chi connectivity index (χ4n) is 4.68. The Balaban J connectivity index is 1.89. The topological polar surface area (TPSA) is 0 Å². The van der Waals surface area contributed by atoms with Gasteiger partial charge >= 0.3 is 0 Å². The number of hydrogen-bond donors (Lipinski definition) is 0. The maximum Gasteiger partial charge on any atom is -0.0101 e. The molecule has 4 rings (SSSR count). The van der Waals surface area contributed by atoms with Crippen LogP contribution in [0.15, 0.2) is 91.0 Å². The van der Waals surface area contributed by atoms with Gasteiger partial charge in [-0.05, 0) is 67.3 Å². The van der Waals surface area contributed by atoms with Gasteiger partial charge in [-0.15, -0.1) is 0 Å². The lowest BCUT2D eigenvalue weighted by atomic mass is 9.82. The highest BCUT2D eigenvalue weighted by Crippen LogP contribution is 2.39. The van der Waals surface area contributed by atoms with Crippen LogP contribution in [0.3, 0.4) is 0 Å². The molecule has 4 aromatic rings. The monoisotopic (exact) mass is 464 g/mol. The molecule has 1 unspecified atom stereocenters. The largest absolute Gasteiger partial charge is 0.0622 e. The van der Waals surface area contributed by atoms with Crippen molar-refractivity contribution in [3.63, 3.8) is 0 Å². The minimum Gasteiger partial charge on any atom is -0.0622 e.